The van der Waals surface area contributed by atoms with Crippen LogP contribution in [0.5, 0.6) is 0 Å². The molecule has 4 heterocycles. The molecular formula is C29H33N5O. The quantitative estimate of drug-likeness (QED) is 0.401. The molecule has 1 atom stereocenters. The lowest BCUT2D eigenvalue weighted by Gasteiger charge is -2.25. The first-order valence-corrected chi connectivity index (χ1v) is 12.9. The van der Waals surface area contributed by atoms with Crippen LogP contribution < -0.4 is 0 Å². The van der Waals surface area contributed by atoms with E-state index in [1.54, 1.807) is 20.0 Å². The zero-order valence-corrected chi connectivity index (χ0v) is 20.6. The Labute approximate surface area is 206 Å². The molecule has 0 amide bonds. The highest BCUT2D eigenvalue weighted by Gasteiger charge is 2.24. The first-order chi connectivity index (χ1) is 17.0. The lowest BCUT2D eigenvalue weighted by atomic mass is 9.96. The van der Waals surface area contributed by atoms with Crippen LogP contribution >= 0.6 is 0 Å². The van der Waals surface area contributed by atoms with Gasteiger partial charge in [-0.25, -0.2) is 4.98 Å². The van der Waals surface area contributed by atoms with E-state index in [4.69, 9.17) is 0 Å². The number of benzene rings is 1. The molecule has 35 heavy (non-hydrogen) atoms. The summed E-state index contributed by atoms with van der Waals surface area (Å²) in [6.07, 6.45) is 11.2. The number of aryl methyl sites for hydroxylation is 2. The fourth-order valence-electron chi connectivity index (χ4n) is 5.70. The van der Waals surface area contributed by atoms with Crippen molar-refractivity contribution in [3.05, 3.63) is 65.5 Å². The zero-order valence-electron chi connectivity index (χ0n) is 20.6. The van der Waals surface area contributed by atoms with Crippen LogP contribution in [0.3, 0.4) is 0 Å². The Balaban J connectivity index is 1.29. The third-order valence-corrected chi connectivity index (χ3v) is 7.83. The number of hydrogen-bond donors (Lipinski definition) is 2. The average Bonchev–Trinajstić information content (AvgIpc) is 3.49. The minimum Gasteiger partial charge on any atom is -0.386 e. The zero-order chi connectivity index (χ0) is 24.0. The molecule has 1 unspecified atom stereocenters. The van der Waals surface area contributed by atoms with Gasteiger partial charge in [-0.1, -0.05) is 24.3 Å². The molecule has 0 bridgehead atoms. The molecule has 1 aliphatic carbocycles. The predicted octanol–water partition coefficient (Wildman–Crippen LogP) is 5.26. The normalized spacial score (nSPS) is 19.1. The van der Waals surface area contributed by atoms with Crippen LogP contribution in [-0.4, -0.2) is 49.3 Å². The van der Waals surface area contributed by atoms with Crippen LogP contribution in [0.2, 0.25) is 0 Å². The van der Waals surface area contributed by atoms with E-state index in [1.807, 2.05) is 18.3 Å². The Morgan fingerprint density at radius 3 is 2.46 bits per heavy atom. The SMILES string of the molecule is CC(C)(O)c1ccc(-c2[nH]nc3ncc(-c4ccc5c(c4)CCC(N4CCCC4)CC5)cc23)nc1. The molecule has 0 radical (unpaired) electrons. The number of H-pyrrole nitrogens is 1. The Kier molecular flexibility index (Phi) is 5.66. The number of pyridine rings is 2. The second-order valence-electron chi connectivity index (χ2n) is 10.6. The molecule has 2 N–H and O–H groups in total. The molecule has 6 nitrogen and oxygen atoms in total. The molecule has 3 aromatic heterocycles. The molecule has 1 fully saturated rings. The first kappa shape index (κ1) is 22.4. The molecule has 1 aliphatic heterocycles. The van der Waals surface area contributed by atoms with Crippen molar-refractivity contribution < 1.29 is 5.11 Å². The number of aromatic nitrogens is 4. The maximum absolute atomic E-state index is 10.2. The van der Waals surface area contributed by atoms with Crippen molar-refractivity contribution in [2.45, 2.75) is 64.0 Å². The highest BCUT2D eigenvalue weighted by molar-refractivity contribution is 5.92. The lowest BCUT2D eigenvalue weighted by Crippen LogP contribution is -2.32. The minimum atomic E-state index is -0.921. The number of rotatable bonds is 4. The van der Waals surface area contributed by atoms with E-state index in [0.717, 1.165) is 40.4 Å². The van der Waals surface area contributed by atoms with Crippen LogP contribution in [0.1, 0.15) is 56.2 Å². The van der Waals surface area contributed by atoms with Crippen LogP contribution in [0.25, 0.3) is 33.5 Å². The minimum absolute atomic E-state index is 0.681. The van der Waals surface area contributed by atoms with Gasteiger partial charge in [0.05, 0.1) is 17.0 Å². The number of nitrogens with one attached hydrogen (secondary N) is 1. The van der Waals surface area contributed by atoms with E-state index in [1.165, 1.54) is 61.9 Å². The maximum Gasteiger partial charge on any atom is 0.181 e. The van der Waals surface area contributed by atoms with Crippen molar-refractivity contribution in [2.24, 2.45) is 0 Å². The molecule has 0 spiro atoms. The summed E-state index contributed by atoms with van der Waals surface area (Å²) in [5.41, 5.74) is 7.46. The Hall–Kier alpha value is -3.09. The fourth-order valence-corrected chi connectivity index (χ4v) is 5.70. The summed E-state index contributed by atoms with van der Waals surface area (Å²) in [6.45, 7) is 6.08. The van der Waals surface area contributed by atoms with Crippen molar-refractivity contribution in [2.75, 3.05) is 13.1 Å². The van der Waals surface area contributed by atoms with Gasteiger partial charge in [0, 0.05) is 34.9 Å². The monoisotopic (exact) mass is 467 g/mol. The van der Waals surface area contributed by atoms with Gasteiger partial charge < -0.3 is 10.0 Å². The van der Waals surface area contributed by atoms with Crippen molar-refractivity contribution in [1.82, 2.24) is 25.1 Å². The van der Waals surface area contributed by atoms with Gasteiger partial charge in [0.2, 0.25) is 0 Å². The third-order valence-electron chi connectivity index (χ3n) is 7.83. The van der Waals surface area contributed by atoms with Crippen molar-refractivity contribution in [3.63, 3.8) is 0 Å². The second-order valence-corrected chi connectivity index (χ2v) is 10.6. The molecule has 180 valence electrons. The van der Waals surface area contributed by atoms with Crippen LogP contribution in [0.4, 0.5) is 0 Å². The molecule has 1 aromatic carbocycles. The van der Waals surface area contributed by atoms with Gasteiger partial charge in [-0.2, -0.15) is 5.10 Å². The Morgan fingerprint density at radius 1 is 0.914 bits per heavy atom. The summed E-state index contributed by atoms with van der Waals surface area (Å²) >= 11 is 0. The highest BCUT2D eigenvalue weighted by Crippen LogP contribution is 2.32. The summed E-state index contributed by atoms with van der Waals surface area (Å²) < 4.78 is 0. The van der Waals surface area contributed by atoms with Crippen LogP contribution in [-0.2, 0) is 18.4 Å². The number of likely N-dealkylation sites (tertiary alicyclic amines) is 1. The number of aliphatic hydroxyl groups is 1. The van der Waals surface area contributed by atoms with E-state index in [0.29, 0.717) is 5.65 Å². The third kappa shape index (κ3) is 4.37. The summed E-state index contributed by atoms with van der Waals surface area (Å²) in [7, 11) is 0. The second kappa shape index (κ2) is 8.85. The van der Waals surface area contributed by atoms with Gasteiger partial charge in [-0.15, -0.1) is 0 Å². The predicted molar refractivity (Wildman–Crippen MR) is 139 cm³/mol. The number of nitrogens with zero attached hydrogens (tertiary/aromatic N) is 4. The largest absolute Gasteiger partial charge is 0.386 e. The van der Waals surface area contributed by atoms with E-state index in [2.05, 4.69) is 49.3 Å². The van der Waals surface area contributed by atoms with Crippen molar-refractivity contribution in [1.29, 1.82) is 0 Å². The molecule has 6 rings (SSSR count). The standard InChI is InChI=1S/C29H33N5O/c1-29(2,35)23-9-12-26(30-18-23)27-25-16-22(17-31-28(25)33-32-27)21-6-5-19-7-10-24(11-8-20(19)15-21)34-13-3-4-14-34/h5-6,9,12,15-18,24,35H,3-4,7-8,10-11,13-14H2,1-2H3,(H,31,32,33). The van der Waals surface area contributed by atoms with E-state index >= 15 is 0 Å². The number of fused-ring (bicyclic) bond motifs is 2. The van der Waals surface area contributed by atoms with Crippen molar-refractivity contribution in [3.8, 4) is 22.5 Å². The average molecular weight is 468 g/mol. The molecular weight excluding hydrogens is 434 g/mol. The van der Waals surface area contributed by atoms with Gasteiger partial charge in [0.25, 0.3) is 0 Å². The summed E-state index contributed by atoms with van der Waals surface area (Å²) in [4.78, 5) is 11.9. The molecule has 1 saturated heterocycles. The smallest absolute Gasteiger partial charge is 0.181 e. The highest BCUT2D eigenvalue weighted by atomic mass is 16.3. The fraction of sp³-hybridized carbons (Fsp3) is 0.414. The van der Waals surface area contributed by atoms with E-state index in [9.17, 15) is 5.11 Å². The van der Waals surface area contributed by atoms with Crippen molar-refractivity contribution >= 4 is 11.0 Å². The molecule has 2 aliphatic rings. The number of hydrogen-bond acceptors (Lipinski definition) is 5. The topological polar surface area (TPSA) is 77.9 Å². The molecule has 4 aromatic rings. The Morgan fingerprint density at radius 2 is 1.71 bits per heavy atom. The molecule has 0 saturated carbocycles. The number of aromatic amines is 1. The first-order valence-electron chi connectivity index (χ1n) is 12.9. The van der Waals surface area contributed by atoms with Gasteiger partial charge in [-0.05, 0) is 94.3 Å². The van der Waals surface area contributed by atoms with Gasteiger partial charge in [0.1, 0.15) is 0 Å². The van der Waals surface area contributed by atoms with Gasteiger partial charge >= 0.3 is 0 Å². The molecule has 6 heteroatoms. The summed E-state index contributed by atoms with van der Waals surface area (Å²) in [6, 6.07) is 13.7. The summed E-state index contributed by atoms with van der Waals surface area (Å²) in [5, 5.41) is 18.7. The van der Waals surface area contributed by atoms with Gasteiger partial charge in [0.15, 0.2) is 5.65 Å². The van der Waals surface area contributed by atoms with E-state index < -0.39 is 5.60 Å². The van der Waals surface area contributed by atoms with Gasteiger partial charge in [-0.3, -0.25) is 10.1 Å². The summed E-state index contributed by atoms with van der Waals surface area (Å²) in [5.74, 6) is 0. The van der Waals surface area contributed by atoms with Crippen LogP contribution in [0.15, 0.2) is 48.8 Å². The maximum atomic E-state index is 10.2. The lowest BCUT2D eigenvalue weighted by molar-refractivity contribution is 0.0782. The van der Waals surface area contributed by atoms with E-state index in [-0.39, 0.29) is 0 Å². The van der Waals surface area contributed by atoms with Crippen LogP contribution in [0, 0.1) is 0 Å². The Bertz CT molecular complexity index is 1350.